The molecule has 2 aromatic carbocycles. The molecule has 0 saturated carbocycles. The van der Waals surface area contributed by atoms with Gasteiger partial charge < -0.3 is 9.15 Å². The third-order valence-electron chi connectivity index (χ3n) is 9.91. The third kappa shape index (κ3) is 5.93. The minimum Gasteiger partial charge on any atom is -0.301 e. The van der Waals surface area contributed by atoms with Crippen LogP contribution in [0.3, 0.4) is 0 Å². The lowest BCUT2D eigenvalue weighted by molar-refractivity contribution is 0.481. The maximum atomic E-state index is 7.24. The number of unbranched alkanes of at least 4 members (excludes halogenated alkanes) is 2. The number of hydrogen-bond donors (Lipinski definition) is 0. The molecule has 228 valence electrons. The molecule has 0 N–H and O–H groups in total. The summed E-state index contributed by atoms with van der Waals surface area (Å²) in [6.45, 7) is 24.4. The van der Waals surface area contributed by atoms with Gasteiger partial charge in [-0.2, -0.15) is 6.08 Å². The first-order chi connectivity index (χ1) is 20.5. The molecule has 2 heterocycles. The standard InChI is InChI=1S/C40H51ClN2/c1-9-11-24-42-34-20-16-28(3)26-32(34)39(5,6)36(42)22-18-30-14-13-15-31(38(30)41)19-23-37-40(7,8)33-27-29(4)17-21-35(33)43(37)25-12-10-2/h16-23,26-27,30H,3-4,9-15,24-25H2,1-2,5-8H3/b22-18?,23-19+. The molecular weight excluding hydrogens is 544 g/mol. The van der Waals surface area contributed by atoms with Gasteiger partial charge >= 0.3 is 0 Å². The van der Waals surface area contributed by atoms with Crippen LogP contribution in [-0.4, -0.2) is 13.1 Å². The molecule has 0 fully saturated rings. The van der Waals surface area contributed by atoms with Gasteiger partial charge in [0.25, 0.3) is 0 Å². The smallest absolute Gasteiger partial charge is 0.126 e. The van der Waals surface area contributed by atoms with Crippen LogP contribution in [0, 0.1) is 18.0 Å². The summed E-state index contributed by atoms with van der Waals surface area (Å²) in [6.07, 6.45) is 17.4. The highest BCUT2D eigenvalue weighted by Crippen LogP contribution is 2.40. The number of halogens is 1. The van der Waals surface area contributed by atoms with Gasteiger partial charge in [-0.3, -0.25) is 0 Å². The van der Waals surface area contributed by atoms with E-state index in [0.717, 1.165) is 47.8 Å². The van der Waals surface area contributed by atoms with Crippen LogP contribution in [0.25, 0.3) is 13.2 Å². The van der Waals surface area contributed by atoms with Crippen molar-refractivity contribution in [2.45, 2.75) is 97.3 Å². The molecule has 0 radical (unpaired) electrons. The van der Waals surface area contributed by atoms with Crippen LogP contribution in [0.15, 0.2) is 71.3 Å². The van der Waals surface area contributed by atoms with Crippen molar-refractivity contribution in [3.05, 3.63) is 116 Å². The highest BCUT2D eigenvalue weighted by atomic mass is 35.5. The Hall–Kier alpha value is -2.97. The second-order valence-corrected chi connectivity index (χ2v) is 14.2. The molecule has 0 bridgehead atoms. The van der Waals surface area contributed by atoms with Crippen LogP contribution in [0.1, 0.15) is 97.6 Å². The van der Waals surface area contributed by atoms with E-state index in [9.17, 15) is 0 Å². The quantitative estimate of drug-likeness (QED) is 0.210. The largest absolute Gasteiger partial charge is 0.301 e. The molecule has 3 heteroatoms. The minimum absolute atomic E-state index is 0.0730. The molecule has 3 aliphatic rings. The second-order valence-electron chi connectivity index (χ2n) is 13.8. The van der Waals surface area contributed by atoms with E-state index in [1.807, 2.05) is 0 Å². The lowest BCUT2D eigenvalue weighted by Gasteiger charge is -2.31. The number of rotatable bonds is 10. The summed E-state index contributed by atoms with van der Waals surface area (Å²) in [6, 6.07) is 16.1. The number of hydrogen-bond acceptors (Lipinski definition) is 0. The van der Waals surface area contributed by atoms with Gasteiger partial charge in [0.15, 0.2) is 0 Å². The van der Waals surface area contributed by atoms with E-state index in [0.29, 0.717) is 0 Å². The molecule has 0 saturated heterocycles. The van der Waals surface area contributed by atoms with Crippen molar-refractivity contribution in [3.63, 3.8) is 0 Å². The first-order valence-electron chi connectivity index (χ1n) is 16.5. The first-order valence-corrected chi connectivity index (χ1v) is 16.9. The van der Waals surface area contributed by atoms with Gasteiger partial charge in [0, 0.05) is 28.7 Å². The van der Waals surface area contributed by atoms with Crippen LogP contribution in [0.4, 0.5) is 0 Å². The van der Waals surface area contributed by atoms with E-state index in [4.69, 9.17) is 11.6 Å². The summed E-state index contributed by atoms with van der Waals surface area (Å²) >= 11 is 7.24. The van der Waals surface area contributed by atoms with Crippen molar-refractivity contribution in [2.24, 2.45) is 5.92 Å². The summed E-state index contributed by atoms with van der Waals surface area (Å²) in [5, 5.41) is 5.81. The van der Waals surface area contributed by atoms with Gasteiger partial charge in [0.05, 0.1) is 12.1 Å². The zero-order chi connectivity index (χ0) is 30.9. The monoisotopic (exact) mass is 594 g/mol. The van der Waals surface area contributed by atoms with Crippen molar-refractivity contribution in [1.29, 1.82) is 0 Å². The molecule has 43 heavy (non-hydrogen) atoms. The molecule has 0 aromatic heterocycles. The predicted octanol–water partition coefficient (Wildman–Crippen LogP) is 6.84. The van der Waals surface area contributed by atoms with Gasteiger partial charge in [-0.25, -0.2) is 0 Å². The Morgan fingerprint density at radius 3 is 1.86 bits per heavy atom. The average Bonchev–Trinajstić information content (AvgIpc) is 3.31. The van der Waals surface area contributed by atoms with Crippen molar-refractivity contribution < 1.29 is 0 Å². The van der Waals surface area contributed by atoms with Crippen molar-refractivity contribution in [3.8, 4) is 0 Å². The summed E-state index contributed by atoms with van der Waals surface area (Å²) in [5.41, 5.74) is 3.87. The number of benzene rings is 2. The summed E-state index contributed by atoms with van der Waals surface area (Å²) in [7, 11) is 0. The van der Waals surface area contributed by atoms with Crippen LogP contribution < -0.4 is 30.3 Å². The van der Waals surface area contributed by atoms with Gasteiger partial charge in [-0.1, -0.05) is 122 Å². The molecule has 1 unspecified atom stereocenters. The van der Waals surface area contributed by atoms with E-state index in [1.165, 1.54) is 65.2 Å². The van der Waals surface area contributed by atoms with E-state index in [1.54, 1.807) is 0 Å². The highest BCUT2D eigenvalue weighted by Gasteiger charge is 2.40. The Kier molecular flexibility index (Phi) is 9.19. The summed E-state index contributed by atoms with van der Waals surface area (Å²) in [5.74, 6) is 0.238. The van der Waals surface area contributed by atoms with E-state index in [-0.39, 0.29) is 16.7 Å². The number of nitrogens with zero attached hydrogens (tertiary/aromatic N) is 2. The maximum absolute atomic E-state index is 7.24. The number of allylic oxidation sites excluding steroid dienone is 4. The third-order valence-corrected chi connectivity index (χ3v) is 10.4. The molecule has 0 spiro atoms. The van der Waals surface area contributed by atoms with Gasteiger partial charge in [-0.05, 0) is 46.0 Å². The van der Waals surface area contributed by atoms with Crippen LogP contribution >= 0.6 is 11.6 Å². The van der Waals surface area contributed by atoms with Gasteiger partial charge in [0.2, 0.25) is 0 Å². The molecule has 1 atom stereocenters. The SMILES string of the molecule is C=c1ccc2c(c1)C(C)(C)[C-](C=CC1CCCC(/C=C/[C-]3[N+](CCCC)=c4ccc(=C)cc4C3(C)C)=C1Cl)[N+]=2CCCC. The Balaban J connectivity index is 1.44. The molecule has 0 amide bonds. The van der Waals surface area contributed by atoms with Crippen molar-refractivity contribution >= 4 is 24.8 Å². The molecule has 2 nitrogen and oxygen atoms in total. The fraction of sp³-hybridized carbons (Fsp3) is 0.450. The molecule has 2 aromatic rings. The molecule has 2 aliphatic heterocycles. The minimum atomic E-state index is -0.0796. The Bertz CT molecular complexity index is 1690. The summed E-state index contributed by atoms with van der Waals surface area (Å²) in [4.78, 5) is 0. The lowest BCUT2D eigenvalue weighted by Crippen LogP contribution is -2.33. The fourth-order valence-electron chi connectivity index (χ4n) is 7.29. The van der Waals surface area contributed by atoms with Gasteiger partial charge in [0.1, 0.15) is 23.8 Å². The predicted molar refractivity (Wildman–Crippen MR) is 185 cm³/mol. The van der Waals surface area contributed by atoms with Crippen LogP contribution in [-0.2, 0) is 10.8 Å². The number of fused-ring (bicyclic) bond motifs is 2. The Labute approximate surface area is 265 Å². The van der Waals surface area contributed by atoms with E-state index < -0.39 is 0 Å². The summed E-state index contributed by atoms with van der Waals surface area (Å²) < 4.78 is 5.07. The van der Waals surface area contributed by atoms with Crippen molar-refractivity contribution in [2.75, 3.05) is 13.1 Å². The first kappa shape index (κ1) is 31.5. The Morgan fingerprint density at radius 2 is 1.35 bits per heavy atom. The maximum Gasteiger partial charge on any atom is 0.126 e. The molecule has 5 rings (SSSR count). The molecule has 1 aliphatic carbocycles. The second kappa shape index (κ2) is 12.6. The zero-order valence-electron chi connectivity index (χ0n) is 27.4. The topological polar surface area (TPSA) is 6.02 Å². The Morgan fingerprint density at radius 1 is 0.837 bits per heavy atom. The van der Waals surface area contributed by atoms with Crippen LogP contribution in [0.2, 0.25) is 0 Å². The van der Waals surface area contributed by atoms with Gasteiger partial charge in [-0.15, -0.1) is 18.2 Å². The fourth-order valence-corrected chi connectivity index (χ4v) is 7.63. The van der Waals surface area contributed by atoms with E-state index >= 15 is 0 Å². The normalized spacial score (nSPS) is 21.0. The zero-order valence-corrected chi connectivity index (χ0v) is 28.2. The van der Waals surface area contributed by atoms with Crippen LogP contribution in [0.5, 0.6) is 0 Å². The van der Waals surface area contributed by atoms with E-state index in [2.05, 4.69) is 125 Å². The lowest BCUT2D eigenvalue weighted by atomic mass is 9.78. The highest BCUT2D eigenvalue weighted by molar-refractivity contribution is 6.30. The van der Waals surface area contributed by atoms with Crippen molar-refractivity contribution in [1.82, 2.24) is 9.15 Å². The average molecular weight is 595 g/mol. The molecular formula is C40H51ClN2.